The van der Waals surface area contributed by atoms with E-state index in [1.54, 1.807) is 29.4 Å². The number of nitrogens with one attached hydrogen (secondary N) is 1. The van der Waals surface area contributed by atoms with E-state index < -0.39 is 5.97 Å². The second kappa shape index (κ2) is 15.0. The molecule has 1 atom stereocenters. The zero-order valence-electron chi connectivity index (χ0n) is 23.9. The van der Waals surface area contributed by atoms with Gasteiger partial charge in [-0.1, -0.05) is 32.0 Å². The van der Waals surface area contributed by atoms with Crippen LogP contribution in [0.4, 0.5) is 4.39 Å². The zero-order valence-corrected chi connectivity index (χ0v) is 25.6. The molecule has 1 heterocycles. The minimum Gasteiger partial charge on any atom is -0.481 e. The minimum atomic E-state index is -0.878. The summed E-state index contributed by atoms with van der Waals surface area (Å²) in [6.45, 7) is 10.9. The highest BCUT2D eigenvalue weighted by molar-refractivity contribution is 7.97. The predicted octanol–water partition coefficient (Wildman–Crippen LogP) is 8.10. The topological polar surface area (TPSA) is 52.6 Å². The summed E-state index contributed by atoms with van der Waals surface area (Å²) < 4.78 is 17.2. The lowest BCUT2D eigenvalue weighted by atomic mass is 9.94. The van der Waals surface area contributed by atoms with E-state index in [2.05, 4.69) is 73.3 Å². The van der Waals surface area contributed by atoms with Crippen molar-refractivity contribution < 1.29 is 14.3 Å². The number of halogens is 1. The Hall–Kier alpha value is -2.19. The van der Waals surface area contributed by atoms with Gasteiger partial charge in [0.1, 0.15) is 5.82 Å². The fourth-order valence-electron chi connectivity index (χ4n) is 4.86. The normalized spacial score (nSPS) is 12.7. The van der Waals surface area contributed by atoms with Gasteiger partial charge in [-0.2, -0.15) is 11.3 Å². The van der Waals surface area contributed by atoms with Crippen molar-refractivity contribution in [2.45, 2.75) is 76.7 Å². The Morgan fingerprint density at radius 1 is 1.18 bits per heavy atom. The number of rotatable bonds is 16. The highest BCUT2D eigenvalue weighted by atomic mass is 32.2. The summed E-state index contributed by atoms with van der Waals surface area (Å²) in [7, 11) is 2.13. The Labute approximate surface area is 242 Å². The summed E-state index contributed by atoms with van der Waals surface area (Å²) in [4.78, 5) is 12.3. The lowest BCUT2D eigenvalue weighted by Crippen LogP contribution is -2.43. The van der Waals surface area contributed by atoms with Crippen LogP contribution in [0, 0.1) is 11.7 Å². The highest BCUT2D eigenvalue weighted by Gasteiger charge is 2.19. The van der Waals surface area contributed by atoms with Crippen LogP contribution in [-0.4, -0.2) is 41.1 Å². The molecule has 0 aliphatic heterocycles. The molecule has 2 N–H and O–H groups in total. The molecule has 4 nitrogen and oxygen atoms in total. The molecule has 7 heteroatoms. The Morgan fingerprint density at radius 2 is 1.97 bits per heavy atom. The van der Waals surface area contributed by atoms with Gasteiger partial charge in [-0.05, 0) is 135 Å². The molecule has 212 valence electrons. The molecule has 0 bridgehead atoms. The lowest BCUT2D eigenvalue weighted by molar-refractivity contribution is -0.136. The first-order chi connectivity index (χ1) is 18.6. The van der Waals surface area contributed by atoms with Crippen LogP contribution in [0.15, 0.2) is 58.1 Å². The van der Waals surface area contributed by atoms with Gasteiger partial charge in [-0.3, -0.25) is 4.79 Å². The quantitative estimate of drug-likeness (QED) is 0.170. The number of carboxylic acid groups (broad SMARTS) is 1. The Bertz CT molecular complexity index is 1200. The highest BCUT2D eigenvalue weighted by Crippen LogP contribution is 2.34. The molecule has 0 unspecified atom stereocenters. The Morgan fingerprint density at radius 3 is 2.67 bits per heavy atom. The zero-order chi connectivity index (χ0) is 28.4. The van der Waals surface area contributed by atoms with E-state index in [0.717, 1.165) is 49.0 Å². The molecule has 39 heavy (non-hydrogen) atoms. The van der Waals surface area contributed by atoms with Crippen LogP contribution in [0.2, 0.25) is 0 Å². The first kappa shape index (κ1) is 31.3. The number of aryl methyl sites for hydroxylation is 3. The average Bonchev–Trinajstić information content (AvgIpc) is 3.40. The maximum atomic E-state index is 14.9. The fourth-order valence-corrected chi connectivity index (χ4v) is 6.68. The Kier molecular flexibility index (Phi) is 12.0. The molecule has 1 aromatic heterocycles. The molecule has 2 aromatic carbocycles. The molecule has 0 aliphatic carbocycles. The van der Waals surface area contributed by atoms with Crippen molar-refractivity contribution in [3.63, 3.8) is 0 Å². The van der Waals surface area contributed by atoms with Crippen LogP contribution >= 0.6 is 23.3 Å². The van der Waals surface area contributed by atoms with Crippen molar-refractivity contribution in [3.8, 4) is 11.1 Å². The van der Waals surface area contributed by atoms with Crippen LogP contribution in [0.5, 0.6) is 0 Å². The van der Waals surface area contributed by atoms with Gasteiger partial charge < -0.3 is 10.4 Å². The summed E-state index contributed by atoms with van der Waals surface area (Å²) in [5, 5.41) is 17.3. The molecule has 0 aliphatic rings. The maximum Gasteiger partial charge on any atom is 0.303 e. The average molecular weight is 571 g/mol. The molecular weight excluding hydrogens is 527 g/mol. The summed E-state index contributed by atoms with van der Waals surface area (Å²) in [6, 6.07) is 13.2. The van der Waals surface area contributed by atoms with Gasteiger partial charge in [0.05, 0.1) is 0 Å². The molecule has 0 spiro atoms. The second-order valence-electron chi connectivity index (χ2n) is 11.1. The van der Waals surface area contributed by atoms with Crippen molar-refractivity contribution in [2.24, 2.45) is 5.92 Å². The van der Waals surface area contributed by atoms with Gasteiger partial charge in [-0.15, -0.1) is 0 Å². The standard InChI is InChI=1S/C32H43FN2O2S2/c1-6-25-19-27(31-26(13-15-30(36)37)10-7-11-28(31)33)12-14-29(25)39-35(5)21-23(2)20-34-32(3,4)17-8-9-24-16-18-38-22-24/h7,10-12,14,16,18-19,22-23,34H,6,8-9,13,15,17,20-21H2,1-5H3,(H,36,37)/t23-/m1/s1. The van der Waals surface area contributed by atoms with E-state index in [4.69, 9.17) is 5.11 Å². The van der Waals surface area contributed by atoms with Crippen LogP contribution in [-0.2, 0) is 24.1 Å². The molecule has 3 aromatic rings. The van der Waals surface area contributed by atoms with Gasteiger partial charge in [0.15, 0.2) is 0 Å². The molecule has 0 fully saturated rings. The first-order valence-corrected chi connectivity index (χ1v) is 15.6. The van der Waals surface area contributed by atoms with Gasteiger partial charge in [0.25, 0.3) is 0 Å². The number of benzene rings is 2. The summed E-state index contributed by atoms with van der Waals surface area (Å²) in [6.07, 6.45) is 4.59. The number of thiophene rings is 1. The van der Waals surface area contributed by atoms with Crippen molar-refractivity contribution in [2.75, 3.05) is 20.1 Å². The third-order valence-electron chi connectivity index (χ3n) is 7.04. The molecule has 0 saturated carbocycles. The van der Waals surface area contributed by atoms with E-state index in [1.165, 1.54) is 22.9 Å². The minimum absolute atomic E-state index is 0.0187. The van der Waals surface area contributed by atoms with Crippen molar-refractivity contribution in [3.05, 3.63) is 75.7 Å². The summed E-state index contributed by atoms with van der Waals surface area (Å²) in [5.74, 6) is -0.706. The van der Waals surface area contributed by atoms with Crippen molar-refractivity contribution in [1.82, 2.24) is 9.62 Å². The van der Waals surface area contributed by atoms with Crippen LogP contribution in [0.3, 0.4) is 0 Å². The number of carboxylic acids is 1. The smallest absolute Gasteiger partial charge is 0.303 e. The van der Waals surface area contributed by atoms with Gasteiger partial charge >= 0.3 is 5.97 Å². The van der Waals surface area contributed by atoms with Gasteiger partial charge in [0, 0.05) is 29.0 Å². The lowest BCUT2D eigenvalue weighted by Gasteiger charge is -2.29. The predicted molar refractivity (Wildman–Crippen MR) is 164 cm³/mol. The largest absolute Gasteiger partial charge is 0.481 e. The molecule has 3 rings (SSSR count). The van der Waals surface area contributed by atoms with E-state index in [1.807, 2.05) is 12.1 Å². The number of aliphatic carboxylic acids is 1. The van der Waals surface area contributed by atoms with Crippen LogP contribution in [0.1, 0.15) is 63.6 Å². The Balaban J connectivity index is 1.56. The summed E-state index contributed by atoms with van der Waals surface area (Å²) in [5.41, 5.74) is 4.75. The van der Waals surface area contributed by atoms with Crippen LogP contribution in [0.25, 0.3) is 11.1 Å². The maximum absolute atomic E-state index is 14.9. The second-order valence-corrected chi connectivity index (χ2v) is 13.1. The molecule has 0 amide bonds. The number of carbonyl (C=O) groups is 1. The van der Waals surface area contributed by atoms with Crippen molar-refractivity contribution in [1.29, 1.82) is 0 Å². The summed E-state index contributed by atoms with van der Waals surface area (Å²) >= 11 is 3.50. The third-order valence-corrected chi connectivity index (χ3v) is 8.83. The fraction of sp³-hybridized carbons (Fsp3) is 0.469. The number of hydrogen-bond acceptors (Lipinski definition) is 5. The monoisotopic (exact) mass is 570 g/mol. The van der Waals surface area contributed by atoms with Crippen molar-refractivity contribution >= 4 is 29.3 Å². The van der Waals surface area contributed by atoms with Gasteiger partial charge in [-0.25, -0.2) is 8.70 Å². The van der Waals surface area contributed by atoms with E-state index in [9.17, 15) is 9.18 Å². The first-order valence-electron chi connectivity index (χ1n) is 13.9. The molecular formula is C32H43FN2O2S2. The van der Waals surface area contributed by atoms with E-state index >= 15 is 0 Å². The number of hydrogen-bond donors (Lipinski definition) is 2. The van der Waals surface area contributed by atoms with E-state index in [-0.39, 0.29) is 17.8 Å². The SMILES string of the molecule is CCc1cc(-c2c(F)cccc2CCC(=O)O)ccc1SN(C)C[C@H](C)CNC(C)(C)CCCc1ccsc1. The molecule has 0 radical (unpaired) electrons. The van der Waals surface area contributed by atoms with E-state index in [0.29, 0.717) is 17.9 Å². The van der Waals surface area contributed by atoms with Crippen LogP contribution < -0.4 is 5.32 Å². The van der Waals surface area contributed by atoms with Gasteiger partial charge in [0.2, 0.25) is 0 Å². The number of nitrogens with zero attached hydrogens (tertiary/aromatic N) is 1. The molecule has 0 saturated heterocycles. The third kappa shape index (κ3) is 10.1.